The summed E-state index contributed by atoms with van der Waals surface area (Å²) in [7, 11) is 0. The summed E-state index contributed by atoms with van der Waals surface area (Å²) < 4.78 is 16.0. The molecule has 0 radical (unpaired) electrons. The van der Waals surface area contributed by atoms with Crippen molar-refractivity contribution in [3.05, 3.63) is 90.5 Å². The maximum Gasteiger partial charge on any atom is 0.184 e. The van der Waals surface area contributed by atoms with Crippen molar-refractivity contribution < 1.29 is 4.39 Å². The Balaban J connectivity index is 1.58. The number of aromatic nitrogens is 5. The zero-order valence-electron chi connectivity index (χ0n) is 16.4. The van der Waals surface area contributed by atoms with Crippen LogP contribution in [0.1, 0.15) is 5.56 Å². The molecule has 5 aromatic rings. The van der Waals surface area contributed by atoms with Crippen LogP contribution in [-0.4, -0.2) is 24.7 Å². The monoisotopic (exact) mass is 411 g/mol. The Morgan fingerprint density at radius 3 is 2.55 bits per heavy atom. The van der Waals surface area contributed by atoms with Gasteiger partial charge < -0.3 is 11.1 Å². The number of nitrogen functional groups attached to an aromatic ring is 1. The summed E-state index contributed by atoms with van der Waals surface area (Å²) in [5.41, 5.74) is 8.87. The molecule has 152 valence electrons. The average Bonchev–Trinajstić information content (AvgIpc) is 3.14. The summed E-state index contributed by atoms with van der Waals surface area (Å²) in [5.74, 6) is 0.975. The van der Waals surface area contributed by atoms with Crippen molar-refractivity contribution >= 4 is 28.2 Å². The van der Waals surface area contributed by atoms with Gasteiger partial charge in [-0.05, 0) is 24.3 Å². The molecule has 7 nitrogen and oxygen atoms in total. The zero-order chi connectivity index (χ0) is 21.2. The Kier molecular flexibility index (Phi) is 4.72. The number of rotatable bonds is 5. The van der Waals surface area contributed by atoms with Crippen LogP contribution in [0.3, 0.4) is 0 Å². The van der Waals surface area contributed by atoms with Crippen LogP contribution in [0.25, 0.3) is 22.4 Å². The Bertz CT molecular complexity index is 1370. The van der Waals surface area contributed by atoms with E-state index in [-0.39, 0.29) is 12.4 Å². The van der Waals surface area contributed by atoms with Crippen molar-refractivity contribution in [1.82, 2.24) is 24.7 Å². The van der Waals surface area contributed by atoms with Crippen molar-refractivity contribution in [2.75, 3.05) is 11.1 Å². The van der Waals surface area contributed by atoms with Gasteiger partial charge in [0.25, 0.3) is 0 Å². The number of fused-ring (bicyclic) bond motifs is 1. The number of nitrogens with zero attached hydrogens (tertiary/aromatic N) is 5. The van der Waals surface area contributed by atoms with Gasteiger partial charge in [0.05, 0.1) is 12.1 Å². The fourth-order valence-electron chi connectivity index (χ4n) is 3.42. The third-order valence-electron chi connectivity index (χ3n) is 4.85. The van der Waals surface area contributed by atoms with Crippen molar-refractivity contribution in [1.29, 1.82) is 0 Å². The number of hydrogen-bond acceptors (Lipinski definition) is 6. The number of nitrogens with one attached hydrogen (secondary N) is 1. The number of halogens is 1. The average molecular weight is 411 g/mol. The molecule has 0 unspecified atom stereocenters. The van der Waals surface area contributed by atoms with Crippen molar-refractivity contribution in [3.63, 3.8) is 0 Å². The van der Waals surface area contributed by atoms with Gasteiger partial charge in [0, 0.05) is 35.1 Å². The molecule has 3 N–H and O–H groups in total. The first-order valence-corrected chi connectivity index (χ1v) is 9.68. The van der Waals surface area contributed by atoms with Crippen LogP contribution in [0, 0.1) is 5.82 Å². The van der Waals surface area contributed by atoms with Gasteiger partial charge in [0.15, 0.2) is 5.82 Å². The summed E-state index contributed by atoms with van der Waals surface area (Å²) in [5, 5.41) is 8.78. The van der Waals surface area contributed by atoms with Crippen LogP contribution in [-0.2, 0) is 6.54 Å². The number of benzene rings is 2. The lowest BCUT2D eigenvalue weighted by molar-refractivity contribution is 0.590. The van der Waals surface area contributed by atoms with Gasteiger partial charge in [-0.25, -0.2) is 14.4 Å². The fourth-order valence-corrected chi connectivity index (χ4v) is 3.42. The van der Waals surface area contributed by atoms with Crippen LogP contribution < -0.4 is 11.1 Å². The molecule has 0 aliphatic heterocycles. The van der Waals surface area contributed by atoms with Gasteiger partial charge in [-0.1, -0.05) is 36.4 Å². The molecule has 0 aliphatic carbocycles. The molecule has 0 amide bonds. The van der Waals surface area contributed by atoms with E-state index in [1.807, 2.05) is 42.5 Å². The Morgan fingerprint density at radius 2 is 1.71 bits per heavy atom. The molecule has 8 heteroatoms. The third kappa shape index (κ3) is 3.78. The fraction of sp³-hybridized carbons (Fsp3) is 0.0435. The van der Waals surface area contributed by atoms with E-state index in [0.29, 0.717) is 28.7 Å². The van der Waals surface area contributed by atoms with Crippen LogP contribution in [0.5, 0.6) is 0 Å². The Morgan fingerprint density at radius 1 is 0.935 bits per heavy atom. The molecule has 0 fully saturated rings. The van der Waals surface area contributed by atoms with Crippen LogP contribution in [0.15, 0.2) is 79.1 Å². The van der Waals surface area contributed by atoms with E-state index in [0.717, 1.165) is 16.6 Å². The van der Waals surface area contributed by atoms with Gasteiger partial charge in [0.2, 0.25) is 0 Å². The van der Waals surface area contributed by atoms with E-state index in [2.05, 4.69) is 20.3 Å². The van der Waals surface area contributed by atoms with Gasteiger partial charge in [-0.2, -0.15) is 5.10 Å². The highest BCUT2D eigenvalue weighted by Crippen LogP contribution is 2.28. The second-order valence-corrected chi connectivity index (χ2v) is 6.98. The van der Waals surface area contributed by atoms with Gasteiger partial charge >= 0.3 is 0 Å². The predicted molar refractivity (Wildman–Crippen MR) is 118 cm³/mol. The van der Waals surface area contributed by atoms with E-state index >= 15 is 0 Å². The minimum absolute atomic E-state index is 0.271. The number of nitrogens with two attached hydrogens (primary N) is 1. The molecule has 0 bridgehead atoms. The summed E-state index contributed by atoms with van der Waals surface area (Å²) in [4.78, 5) is 13.0. The van der Waals surface area contributed by atoms with E-state index in [9.17, 15) is 4.39 Å². The molecular formula is C23H18FN7. The molecule has 5 rings (SSSR count). The lowest BCUT2D eigenvalue weighted by Crippen LogP contribution is -2.05. The maximum atomic E-state index is 14.2. The van der Waals surface area contributed by atoms with Crippen molar-refractivity contribution in [3.8, 4) is 11.5 Å². The molecule has 0 aliphatic rings. The second-order valence-electron chi connectivity index (χ2n) is 6.98. The molecule has 3 aromatic heterocycles. The quantitative estimate of drug-likeness (QED) is 0.445. The van der Waals surface area contributed by atoms with Crippen LogP contribution in [0.4, 0.5) is 21.7 Å². The third-order valence-corrected chi connectivity index (χ3v) is 4.85. The van der Waals surface area contributed by atoms with E-state index < -0.39 is 0 Å². The summed E-state index contributed by atoms with van der Waals surface area (Å²) >= 11 is 0. The van der Waals surface area contributed by atoms with Crippen LogP contribution >= 0.6 is 0 Å². The van der Waals surface area contributed by atoms with E-state index in [1.54, 1.807) is 35.3 Å². The smallest absolute Gasteiger partial charge is 0.184 e. The molecule has 0 spiro atoms. The topological polar surface area (TPSA) is 94.5 Å². The molecule has 3 heterocycles. The van der Waals surface area contributed by atoms with Gasteiger partial charge in [-0.15, -0.1) is 0 Å². The number of hydrogen-bond donors (Lipinski definition) is 2. The summed E-state index contributed by atoms with van der Waals surface area (Å²) in [6.45, 7) is 0.289. The van der Waals surface area contributed by atoms with E-state index in [1.165, 1.54) is 6.07 Å². The van der Waals surface area contributed by atoms with Crippen molar-refractivity contribution in [2.24, 2.45) is 0 Å². The molecular weight excluding hydrogens is 393 g/mol. The number of pyridine rings is 1. The number of para-hydroxylation sites is 1. The van der Waals surface area contributed by atoms with Crippen molar-refractivity contribution in [2.45, 2.75) is 6.54 Å². The minimum atomic E-state index is -0.271. The largest absolute Gasteiger partial charge is 0.384 e. The lowest BCUT2D eigenvalue weighted by atomic mass is 10.2. The SMILES string of the molecule is Nc1cc(Nc2ccncc2)nc(-c2nn(Cc3ccccc3F)c3ccccc23)n1. The highest BCUT2D eigenvalue weighted by molar-refractivity contribution is 5.92. The molecule has 31 heavy (non-hydrogen) atoms. The summed E-state index contributed by atoms with van der Waals surface area (Å²) in [6, 6.07) is 19.7. The van der Waals surface area contributed by atoms with E-state index in [4.69, 9.17) is 10.8 Å². The Labute approximate surface area is 177 Å². The molecule has 2 aromatic carbocycles. The normalized spacial score (nSPS) is 11.0. The highest BCUT2D eigenvalue weighted by atomic mass is 19.1. The maximum absolute atomic E-state index is 14.2. The first-order valence-electron chi connectivity index (χ1n) is 9.68. The molecule has 0 saturated carbocycles. The molecule has 0 saturated heterocycles. The first-order chi connectivity index (χ1) is 15.2. The zero-order valence-corrected chi connectivity index (χ0v) is 16.4. The predicted octanol–water partition coefficient (Wildman–Crippen LogP) is 4.40. The lowest BCUT2D eigenvalue weighted by Gasteiger charge is -2.07. The Hall–Kier alpha value is -4.33. The highest BCUT2D eigenvalue weighted by Gasteiger charge is 2.17. The minimum Gasteiger partial charge on any atom is -0.384 e. The number of anilines is 3. The van der Waals surface area contributed by atoms with Gasteiger partial charge in [0.1, 0.15) is 23.1 Å². The van der Waals surface area contributed by atoms with Gasteiger partial charge in [-0.3, -0.25) is 9.67 Å². The first kappa shape index (κ1) is 18.7. The second kappa shape index (κ2) is 7.83. The standard InChI is InChI=1S/C23H18FN7/c24-18-7-3-1-5-15(18)14-31-19-8-4-2-6-17(19)22(30-31)23-28-20(25)13-21(29-23)27-16-9-11-26-12-10-16/h1-13H,14H2,(H3,25,26,27,28,29). The van der Waals surface area contributed by atoms with Crippen LogP contribution in [0.2, 0.25) is 0 Å². The molecule has 0 atom stereocenters. The summed E-state index contributed by atoms with van der Waals surface area (Å²) in [6.07, 6.45) is 3.37.